The van der Waals surface area contributed by atoms with Crippen molar-refractivity contribution in [2.75, 3.05) is 13.1 Å². The molecule has 142 valence electrons. The van der Waals surface area contributed by atoms with E-state index in [0.717, 1.165) is 29.9 Å². The Morgan fingerprint density at radius 1 is 1.26 bits per heavy atom. The molecule has 0 N–H and O–H groups in total. The minimum absolute atomic E-state index is 0.162. The number of nitrogens with zero attached hydrogens (tertiary/aromatic N) is 4. The van der Waals surface area contributed by atoms with E-state index in [4.69, 9.17) is 13.4 Å². The molecule has 0 spiro atoms. The van der Waals surface area contributed by atoms with Crippen LogP contribution in [0.15, 0.2) is 31.8 Å². The average Bonchev–Trinajstić information content (AvgIpc) is 3.42. The highest BCUT2D eigenvalue weighted by molar-refractivity contribution is 5.76. The Kier molecular flexibility index (Phi) is 4.79. The van der Waals surface area contributed by atoms with Crippen LogP contribution >= 0.6 is 0 Å². The molecular weight excluding hydrogens is 348 g/mol. The van der Waals surface area contributed by atoms with Crippen LogP contribution in [0.2, 0.25) is 0 Å². The zero-order chi connectivity index (χ0) is 18.8. The number of carbonyl (C=O) groups is 1. The Morgan fingerprint density at radius 2 is 2.07 bits per heavy atom. The second-order valence-corrected chi connectivity index (χ2v) is 6.88. The summed E-state index contributed by atoms with van der Waals surface area (Å²) in [5, 5.41) is 12.2. The Bertz CT molecular complexity index is 885. The molecular formula is C19H22N4O4. The van der Waals surface area contributed by atoms with Gasteiger partial charge in [0.2, 0.25) is 11.8 Å². The molecule has 4 heterocycles. The Balaban J connectivity index is 1.30. The maximum atomic E-state index is 12.5. The molecule has 27 heavy (non-hydrogen) atoms. The molecule has 1 aliphatic heterocycles. The van der Waals surface area contributed by atoms with Crippen LogP contribution in [0.3, 0.4) is 0 Å². The lowest BCUT2D eigenvalue weighted by Gasteiger charge is -2.30. The van der Waals surface area contributed by atoms with E-state index in [9.17, 15) is 4.79 Å². The van der Waals surface area contributed by atoms with Crippen molar-refractivity contribution < 1.29 is 18.2 Å². The number of likely N-dealkylation sites (tertiary alicyclic amines) is 1. The largest absolute Gasteiger partial charge is 0.459 e. The van der Waals surface area contributed by atoms with Crippen molar-refractivity contribution in [2.45, 2.75) is 45.4 Å². The number of aryl methyl sites for hydroxylation is 2. The zero-order valence-corrected chi connectivity index (χ0v) is 15.5. The molecule has 0 unspecified atom stereocenters. The summed E-state index contributed by atoms with van der Waals surface area (Å²) < 4.78 is 16.2. The van der Waals surface area contributed by atoms with Gasteiger partial charge in [-0.25, -0.2) is 0 Å². The molecule has 0 aliphatic carbocycles. The SMILES string of the molecule is Cc1noc(C)c1CCC(=O)N1CCC(c2nnc(-c3ccco3)o2)CC1. The van der Waals surface area contributed by atoms with Crippen LogP contribution in [0, 0.1) is 13.8 Å². The molecule has 0 saturated carbocycles. The molecule has 0 bridgehead atoms. The van der Waals surface area contributed by atoms with Crippen LogP contribution in [0.5, 0.6) is 0 Å². The lowest BCUT2D eigenvalue weighted by atomic mass is 9.96. The summed E-state index contributed by atoms with van der Waals surface area (Å²) in [6.07, 6.45) is 4.34. The predicted octanol–water partition coefficient (Wildman–Crippen LogP) is 3.27. The molecule has 1 fully saturated rings. The van der Waals surface area contributed by atoms with E-state index in [1.807, 2.05) is 18.7 Å². The fraction of sp³-hybridized carbons (Fsp3) is 0.474. The first-order valence-electron chi connectivity index (χ1n) is 9.18. The van der Waals surface area contributed by atoms with E-state index in [1.165, 1.54) is 0 Å². The van der Waals surface area contributed by atoms with Crippen LogP contribution in [0.4, 0.5) is 0 Å². The number of amides is 1. The molecule has 3 aromatic heterocycles. The maximum Gasteiger partial charge on any atom is 0.283 e. The molecule has 1 saturated heterocycles. The van der Waals surface area contributed by atoms with Crippen molar-refractivity contribution in [3.05, 3.63) is 41.3 Å². The van der Waals surface area contributed by atoms with Gasteiger partial charge in [-0.2, -0.15) is 0 Å². The normalized spacial score (nSPS) is 15.4. The highest BCUT2D eigenvalue weighted by Crippen LogP contribution is 2.29. The van der Waals surface area contributed by atoms with Crippen LogP contribution < -0.4 is 0 Å². The van der Waals surface area contributed by atoms with E-state index in [1.54, 1.807) is 18.4 Å². The Labute approximate surface area is 156 Å². The van der Waals surface area contributed by atoms with Crippen molar-refractivity contribution in [2.24, 2.45) is 0 Å². The third-order valence-corrected chi connectivity index (χ3v) is 5.14. The van der Waals surface area contributed by atoms with Gasteiger partial charge < -0.3 is 18.3 Å². The number of piperidine rings is 1. The Hall–Kier alpha value is -2.90. The standard InChI is InChI=1S/C19H22N4O4/c1-12-15(13(2)27-22-12)5-6-17(24)23-9-7-14(8-10-23)18-20-21-19(26-18)16-4-3-11-25-16/h3-4,11,14H,5-10H2,1-2H3. The van der Waals surface area contributed by atoms with E-state index in [0.29, 0.717) is 43.5 Å². The smallest absolute Gasteiger partial charge is 0.283 e. The number of aromatic nitrogens is 3. The molecule has 0 radical (unpaired) electrons. The minimum atomic E-state index is 0.162. The van der Waals surface area contributed by atoms with Gasteiger partial charge in [-0.05, 0) is 45.2 Å². The fourth-order valence-corrected chi connectivity index (χ4v) is 3.52. The number of hydrogen-bond acceptors (Lipinski definition) is 7. The molecule has 4 rings (SSSR count). The van der Waals surface area contributed by atoms with Gasteiger partial charge in [0.1, 0.15) is 5.76 Å². The molecule has 8 heteroatoms. The summed E-state index contributed by atoms with van der Waals surface area (Å²) in [5.74, 6) is 2.71. The first-order chi connectivity index (χ1) is 13.1. The number of furan rings is 1. The summed E-state index contributed by atoms with van der Waals surface area (Å²) in [6, 6.07) is 3.57. The second kappa shape index (κ2) is 7.38. The maximum absolute atomic E-state index is 12.5. The van der Waals surface area contributed by atoms with Gasteiger partial charge in [0.15, 0.2) is 5.76 Å². The van der Waals surface area contributed by atoms with E-state index < -0.39 is 0 Å². The van der Waals surface area contributed by atoms with Crippen LogP contribution in [0.1, 0.15) is 48.1 Å². The van der Waals surface area contributed by atoms with Crippen molar-refractivity contribution in [3.63, 3.8) is 0 Å². The molecule has 1 aliphatic rings. The molecule has 8 nitrogen and oxygen atoms in total. The van der Waals surface area contributed by atoms with Crippen molar-refractivity contribution >= 4 is 5.91 Å². The second-order valence-electron chi connectivity index (χ2n) is 6.88. The molecule has 0 atom stereocenters. The molecule has 3 aromatic rings. The summed E-state index contributed by atoms with van der Waals surface area (Å²) in [6.45, 7) is 5.18. The van der Waals surface area contributed by atoms with Crippen LogP contribution in [-0.2, 0) is 11.2 Å². The average molecular weight is 370 g/mol. The predicted molar refractivity (Wildman–Crippen MR) is 94.9 cm³/mol. The van der Waals surface area contributed by atoms with Gasteiger partial charge in [-0.15, -0.1) is 10.2 Å². The summed E-state index contributed by atoms with van der Waals surface area (Å²) in [7, 11) is 0. The number of hydrogen-bond donors (Lipinski definition) is 0. The van der Waals surface area contributed by atoms with Crippen molar-refractivity contribution in [1.82, 2.24) is 20.3 Å². The first kappa shape index (κ1) is 17.5. The van der Waals surface area contributed by atoms with E-state index >= 15 is 0 Å². The lowest BCUT2D eigenvalue weighted by molar-refractivity contribution is -0.132. The number of rotatable bonds is 5. The van der Waals surface area contributed by atoms with Gasteiger partial charge in [-0.3, -0.25) is 4.79 Å². The highest BCUT2D eigenvalue weighted by atomic mass is 16.5. The van der Waals surface area contributed by atoms with Gasteiger partial charge >= 0.3 is 0 Å². The van der Waals surface area contributed by atoms with Gasteiger partial charge in [-0.1, -0.05) is 5.16 Å². The van der Waals surface area contributed by atoms with Gasteiger partial charge in [0, 0.05) is 31.0 Å². The summed E-state index contributed by atoms with van der Waals surface area (Å²) in [5.41, 5.74) is 1.90. The quantitative estimate of drug-likeness (QED) is 0.679. The third-order valence-electron chi connectivity index (χ3n) is 5.14. The zero-order valence-electron chi connectivity index (χ0n) is 15.5. The monoisotopic (exact) mass is 370 g/mol. The molecule has 0 aromatic carbocycles. The summed E-state index contributed by atoms with van der Waals surface area (Å²) in [4.78, 5) is 14.4. The van der Waals surface area contributed by atoms with Gasteiger partial charge in [0.25, 0.3) is 5.89 Å². The first-order valence-corrected chi connectivity index (χ1v) is 9.18. The summed E-state index contributed by atoms with van der Waals surface area (Å²) >= 11 is 0. The van der Waals surface area contributed by atoms with E-state index in [-0.39, 0.29) is 11.8 Å². The van der Waals surface area contributed by atoms with Gasteiger partial charge in [0.05, 0.1) is 12.0 Å². The highest BCUT2D eigenvalue weighted by Gasteiger charge is 2.28. The van der Waals surface area contributed by atoms with Crippen LogP contribution in [0.25, 0.3) is 11.7 Å². The topological polar surface area (TPSA) is 98.4 Å². The van der Waals surface area contributed by atoms with Crippen molar-refractivity contribution in [3.8, 4) is 11.7 Å². The number of carbonyl (C=O) groups excluding carboxylic acids is 1. The Morgan fingerprint density at radius 3 is 2.74 bits per heavy atom. The third kappa shape index (κ3) is 3.65. The minimum Gasteiger partial charge on any atom is -0.459 e. The fourth-order valence-electron chi connectivity index (χ4n) is 3.52. The van der Waals surface area contributed by atoms with Crippen LogP contribution in [-0.4, -0.2) is 39.3 Å². The van der Waals surface area contributed by atoms with E-state index in [2.05, 4.69) is 15.4 Å². The van der Waals surface area contributed by atoms with Crippen molar-refractivity contribution in [1.29, 1.82) is 0 Å². The lowest BCUT2D eigenvalue weighted by Crippen LogP contribution is -2.38. The molecule has 1 amide bonds.